The van der Waals surface area contributed by atoms with Crippen LogP contribution in [0.15, 0.2) is 24.8 Å². The van der Waals surface area contributed by atoms with Crippen molar-refractivity contribution >= 4 is 11.6 Å². The molecule has 0 aromatic heterocycles. The molecule has 21 heavy (non-hydrogen) atoms. The predicted molar refractivity (Wildman–Crippen MR) is 88.6 cm³/mol. The van der Waals surface area contributed by atoms with Crippen molar-refractivity contribution in [2.75, 3.05) is 40.4 Å². The Hall–Kier alpha value is -1.23. The summed E-state index contributed by atoms with van der Waals surface area (Å²) in [7, 11) is 4.11. The van der Waals surface area contributed by atoms with Crippen molar-refractivity contribution in [2.45, 2.75) is 13.5 Å². The van der Waals surface area contributed by atoms with E-state index in [0.29, 0.717) is 29.7 Å². The molecule has 5 heteroatoms. The fourth-order valence-electron chi connectivity index (χ4n) is 1.80. The van der Waals surface area contributed by atoms with Gasteiger partial charge in [0.15, 0.2) is 11.5 Å². The Labute approximate surface area is 132 Å². The number of ether oxygens (including phenoxy) is 2. The molecule has 0 unspecified atom stereocenters. The molecule has 0 aliphatic heterocycles. The van der Waals surface area contributed by atoms with E-state index in [9.17, 15) is 0 Å². The Balaban J connectivity index is 2.75. The van der Waals surface area contributed by atoms with Crippen LogP contribution in [-0.4, -0.2) is 45.3 Å². The quantitative estimate of drug-likeness (QED) is 0.532. The summed E-state index contributed by atoms with van der Waals surface area (Å²) in [6, 6.07) is 3.88. The van der Waals surface area contributed by atoms with Crippen LogP contribution in [0, 0.1) is 0 Å². The number of halogens is 1. The van der Waals surface area contributed by atoms with E-state index in [-0.39, 0.29) is 0 Å². The van der Waals surface area contributed by atoms with Crippen LogP contribution in [0.2, 0.25) is 5.02 Å². The summed E-state index contributed by atoms with van der Waals surface area (Å²) in [5.74, 6) is 1.26. The highest BCUT2D eigenvalue weighted by molar-refractivity contribution is 6.32. The second kappa shape index (κ2) is 9.66. The van der Waals surface area contributed by atoms with E-state index in [1.165, 1.54) is 0 Å². The van der Waals surface area contributed by atoms with Gasteiger partial charge in [-0.3, -0.25) is 0 Å². The number of rotatable bonds is 10. The van der Waals surface area contributed by atoms with E-state index in [2.05, 4.69) is 30.9 Å². The van der Waals surface area contributed by atoms with Crippen molar-refractivity contribution in [2.24, 2.45) is 0 Å². The van der Waals surface area contributed by atoms with Gasteiger partial charge in [-0.15, -0.1) is 0 Å². The molecule has 118 valence electrons. The monoisotopic (exact) mass is 312 g/mol. The first-order valence-electron chi connectivity index (χ1n) is 7.12. The zero-order chi connectivity index (χ0) is 15.7. The number of likely N-dealkylation sites (N-methyl/N-ethyl adjacent to an activating group) is 1. The highest BCUT2D eigenvalue weighted by Crippen LogP contribution is 2.36. The maximum absolute atomic E-state index is 6.29. The summed E-state index contributed by atoms with van der Waals surface area (Å²) < 4.78 is 11.2. The van der Waals surface area contributed by atoms with Gasteiger partial charge in [0.2, 0.25) is 0 Å². The van der Waals surface area contributed by atoms with Gasteiger partial charge in [-0.2, -0.15) is 0 Å². The average molecular weight is 313 g/mol. The van der Waals surface area contributed by atoms with E-state index in [1.54, 1.807) is 6.08 Å². The summed E-state index contributed by atoms with van der Waals surface area (Å²) in [6.45, 7) is 9.21. The van der Waals surface area contributed by atoms with Gasteiger partial charge in [-0.05, 0) is 38.7 Å². The van der Waals surface area contributed by atoms with E-state index in [1.807, 2.05) is 19.1 Å². The molecule has 1 N–H and O–H groups in total. The maximum Gasteiger partial charge on any atom is 0.180 e. The zero-order valence-corrected chi connectivity index (χ0v) is 13.9. The molecule has 0 radical (unpaired) electrons. The fourth-order valence-corrected chi connectivity index (χ4v) is 2.09. The van der Waals surface area contributed by atoms with Gasteiger partial charge in [0.05, 0.1) is 11.6 Å². The van der Waals surface area contributed by atoms with E-state index >= 15 is 0 Å². The topological polar surface area (TPSA) is 33.7 Å². The van der Waals surface area contributed by atoms with Crippen LogP contribution in [-0.2, 0) is 6.54 Å². The van der Waals surface area contributed by atoms with Gasteiger partial charge in [-0.1, -0.05) is 24.3 Å². The third kappa shape index (κ3) is 6.38. The minimum atomic E-state index is 0.403. The lowest BCUT2D eigenvalue weighted by Crippen LogP contribution is -2.26. The van der Waals surface area contributed by atoms with Crippen LogP contribution in [0.25, 0.3) is 0 Å². The summed E-state index contributed by atoms with van der Waals surface area (Å²) in [6.07, 6.45) is 1.68. The van der Waals surface area contributed by atoms with Crippen LogP contribution in [0.3, 0.4) is 0 Å². The lowest BCUT2D eigenvalue weighted by molar-refractivity contribution is 0.296. The van der Waals surface area contributed by atoms with Crippen molar-refractivity contribution in [1.29, 1.82) is 0 Å². The standard InChI is InChI=1S/C16H25ClN2O2/c1-5-9-21-16-14(17)10-13(11-15(16)20-6-2)12-18-7-8-19(3)4/h5,10-11,18H,1,6-9,12H2,2-4H3. The minimum Gasteiger partial charge on any atom is -0.490 e. The van der Waals surface area contributed by atoms with Crippen molar-refractivity contribution in [3.05, 3.63) is 35.4 Å². The van der Waals surface area contributed by atoms with Crippen LogP contribution in [0.5, 0.6) is 11.5 Å². The molecule has 0 saturated carbocycles. The van der Waals surface area contributed by atoms with Crippen molar-refractivity contribution in [3.63, 3.8) is 0 Å². The lowest BCUT2D eigenvalue weighted by Gasteiger charge is -2.15. The molecule has 0 bridgehead atoms. The van der Waals surface area contributed by atoms with Gasteiger partial charge in [-0.25, -0.2) is 0 Å². The van der Waals surface area contributed by atoms with Crippen molar-refractivity contribution in [3.8, 4) is 11.5 Å². The van der Waals surface area contributed by atoms with Crippen molar-refractivity contribution < 1.29 is 9.47 Å². The molecule has 4 nitrogen and oxygen atoms in total. The Kier molecular flexibility index (Phi) is 8.20. The first-order chi connectivity index (χ1) is 10.1. The molecule has 0 aliphatic rings. The molecule has 0 amide bonds. The van der Waals surface area contributed by atoms with E-state index < -0.39 is 0 Å². The molecule has 0 spiro atoms. The molecule has 1 aromatic carbocycles. The van der Waals surface area contributed by atoms with Gasteiger partial charge in [0.25, 0.3) is 0 Å². The summed E-state index contributed by atoms with van der Waals surface area (Å²) in [5.41, 5.74) is 1.08. The largest absolute Gasteiger partial charge is 0.490 e. The van der Waals surface area contributed by atoms with Crippen LogP contribution in [0.4, 0.5) is 0 Å². The number of benzene rings is 1. The highest BCUT2D eigenvalue weighted by atomic mass is 35.5. The Bertz CT molecular complexity index is 450. The summed E-state index contributed by atoms with van der Waals surface area (Å²) in [5, 5.41) is 3.94. The molecular weight excluding hydrogens is 288 g/mol. The summed E-state index contributed by atoms with van der Waals surface area (Å²) in [4.78, 5) is 2.14. The Morgan fingerprint density at radius 2 is 2.10 bits per heavy atom. The molecule has 0 aliphatic carbocycles. The Morgan fingerprint density at radius 3 is 2.71 bits per heavy atom. The van der Waals surface area contributed by atoms with Crippen LogP contribution < -0.4 is 14.8 Å². The van der Waals surface area contributed by atoms with Crippen LogP contribution >= 0.6 is 11.6 Å². The SMILES string of the molecule is C=CCOc1c(Cl)cc(CNCCN(C)C)cc1OCC. The third-order valence-corrected chi connectivity index (χ3v) is 3.06. The zero-order valence-electron chi connectivity index (χ0n) is 13.1. The average Bonchev–Trinajstić information content (AvgIpc) is 2.43. The first-order valence-corrected chi connectivity index (χ1v) is 7.50. The first kappa shape index (κ1) is 17.8. The number of hydrogen-bond acceptors (Lipinski definition) is 4. The van der Waals surface area contributed by atoms with Gasteiger partial charge >= 0.3 is 0 Å². The highest BCUT2D eigenvalue weighted by Gasteiger charge is 2.12. The smallest absolute Gasteiger partial charge is 0.180 e. The summed E-state index contributed by atoms with van der Waals surface area (Å²) >= 11 is 6.29. The van der Waals surface area contributed by atoms with Crippen molar-refractivity contribution in [1.82, 2.24) is 10.2 Å². The number of nitrogens with zero attached hydrogens (tertiary/aromatic N) is 1. The number of hydrogen-bond donors (Lipinski definition) is 1. The molecule has 0 atom stereocenters. The Morgan fingerprint density at radius 1 is 1.33 bits per heavy atom. The normalized spacial score (nSPS) is 10.7. The number of nitrogens with one attached hydrogen (secondary N) is 1. The second-order valence-electron chi connectivity index (χ2n) is 4.92. The molecule has 1 rings (SSSR count). The third-order valence-electron chi connectivity index (χ3n) is 2.78. The lowest BCUT2D eigenvalue weighted by atomic mass is 10.2. The predicted octanol–water partition coefficient (Wildman–Crippen LogP) is 2.95. The van der Waals surface area contributed by atoms with E-state index in [0.717, 1.165) is 25.2 Å². The molecular formula is C16H25ClN2O2. The fraction of sp³-hybridized carbons (Fsp3) is 0.500. The second-order valence-corrected chi connectivity index (χ2v) is 5.32. The molecule has 0 heterocycles. The van der Waals surface area contributed by atoms with Crippen LogP contribution in [0.1, 0.15) is 12.5 Å². The maximum atomic E-state index is 6.29. The van der Waals surface area contributed by atoms with Gasteiger partial charge in [0, 0.05) is 19.6 Å². The molecule has 0 fully saturated rings. The van der Waals surface area contributed by atoms with Gasteiger partial charge in [0.1, 0.15) is 6.61 Å². The van der Waals surface area contributed by atoms with Gasteiger partial charge < -0.3 is 19.7 Å². The van der Waals surface area contributed by atoms with E-state index in [4.69, 9.17) is 21.1 Å². The molecule has 1 aromatic rings. The molecule has 0 saturated heterocycles. The minimum absolute atomic E-state index is 0.403.